The van der Waals surface area contributed by atoms with Crippen molar-refractivity contribution in [1.29, 1.82) is 0 Å². The third kappa shape index (κ3) is 3.95. The maximum absolute atomic E-state index is 13.3. The number of aromatic nitrogens is 1. The number of carbonyl (C=O) groups is 2. The average Bonchev–Trinajstić information content (AvgIpc) is 3.35. The van der Waals surface area contributed by atoms with Crippen LogP contribution in [0.25, 0.3) is 10.2 Å². The summed E-state index contributed by atoms with van der Waals surface area (Å²) in [5.74, 6) is 0.377. The van der Waals surface area contributed by atoms with Crippen LogP contribution in [0.5, 0.6) is 0 Å². The van der Waals surface area contributed by atoms with Gasteiger partial charge in [-0.25, -0.2) is 4.98 Å². The van der Waals surface area contributed by atoms with Gasteiger partial charge in [-0.05, 0) is 55.8 Å². The number of Topliss-reactive ketones (excluding diaryl/α,β-unsaturated/α-hetero) is 1. The van der Waals surface area contributed by atoms with E-state index in [-0.39, 0.29) is 18.2 Å². The molecular formula is C22H17ClN2O3S. The summed E-state index contributed by atoms with van der Waals surface area (Å²) in [6.45, 7) is 3.68. The second-order valence-corrected chi connectivity index (χ2v) is 8.12. The maximum atomic E-state index is 13.3. The van der Waals surface area contributed by atoms with Crippen LogP contribution in [0.2, 0.25) is 5.02 Å². The first kappa shape index (κ1) is 19.4. The number of halogens is 1. The lowest BCUT2D eigenvalue weighted by molar-refractivity contribution is 0.0979. The third-order valence-corrected chi connectivity index (χ3v) is 5.79. The van der Waals surface area contributed by atoms with Crippen LogP contribution in [0.1, 0.15) is 39.0 Å². The Kier molecular flexibility index (Phi) is 5.22. The Balaban J connectivity index is 1.76. The summed E-state index contributed by atoms with van der Waals surface area (Å²) in [7, 11) is 0. The molecule has 0 atom stereocenters. The number of aryl methyl sites for hydroxylation is 1. The number of furan rings is 1. The molecule has 0 saturated heterocycles. The molecule has 0 bridgehead atoms. The molecule has 0 saturated carbocycles. The number of thiazole rings is 1. The van der Waals surface area contributed by atoms with Crippen LogP contribution in [-0.4, -0.2) is 16.7 Å². The molecular weight excluding hydrogens is 408 g/mol. The van der Waals surface area contributed by atoms with Gasteiger partial charge < -0.3 is 4.42 Å². The molecule has 2 aromatic carbocycles. The topological polar surface area (TPSA) is 63.4 Å². The lowest BCUT2D eigenvalue weighted by atomic mass is 10.1. The van der Waals surface area contributed by atoms with E-state index < -0.39 is 0 Å². The highest BCUT2D eigenvalue weighted by Crippen LogP contribution is 2.34. The Morgan fingerprint density at radius 2 is 1.86 bits per heavy atom. The van der Waals surface area contributed by atoms with E-state index in [1.807, 2.05) is 25.1 Å². The molecule has 1 amide bonds. The van der Waals surface area contributed by atoms with Crippen molar-refractivity contribution in [2.75, 3.05) is 4.90 Å². The van der Waals surface area contributed by atoms with Gasteiger partial charge in [0.25, 0.3) is 5.91 Å². The summed E-state index contributed by atoms with van der Waals surface area (Å²) < 4.78 is 6.37. The lowest BCUT2D eigenvalue weighted by Crippen LogP contribution is -2.30. The number of hydrogen-bond donors (Lipinski definition) is 0. The fourth-order valence-corrected chi connectivity index (χ4v) is 4.46. The Hall–Kier alpha value is -2.96. The van der Waals surface area contributed by atoms with Crippen LogP contribution in [0.4, 0.5) is 5.13 Å². The number of benzene rings is 2. The molecule has 0 N–H and O–H groups in total. The Morgan fingerprint density at radius 3 is 2.52 bits per heavy atom. The maximum Gasteiger partial charge on any atom is 0.260 e. The van der Waals surface area contributed by atoms with E-state index in [1.54, 1.807) is 41.5 Å². The van der Waals surface area contributed by atoms with Gasteiger partial charge in [-0.3, -0.25) is 14.5 Å². The first-order chi connectivity index (χ1) is 13.9. The van der Waals surface area contributed by atoms with Crippen molar-refractivity contribution in [2.45, 2.75) is 20.4 Å². The molecule has 0 aliphatic carbocycles. The largest absolute Gasteiger partial charge is 0.467 e. The highest BCUT2D eigenvalue weighted by Gasteiger charge is 2.23. The number of nitrogens with zero attached hydrogens (tertiary/aromatic N) is 2. The molecule has 2 heterocycles. The number of amides is 1. The zero-order valence-electron chi connectivity index (χ0n) is 15.8. The number of ketones is 1. The van der Waals surface area contributed by atoms with E-state index in [1.165, 1.54) is 18.3 Å². The fourth-order valence-electron chi connectivity index (χ4n) is 3.05. The predicted octanol–water partition coefficient (Wildman–Crippen LogP) is 5.90. The highest BCUT2D eigenvalue weighted by atomic mass is 35.5. The molecule has 5 nitrogen and oxygen atoms in total. The molecule has 0 fully saturated rings. The van der Waals surface area contributed by atoms with Gasteiger partial charge in [0.15, 0.2) is 10.9 Å². The van der Waals surface area contributed by atoms with E-state index >= 15 is 0 Å². The van der Waals surface area contributed by atoms with Crippen molar-refractivity contribution >= 4 is 50.0 Å². The normalized spacial score (nSPS) is 11.0. The van der Waals surface area contributed by atoms with Crippen molar-refractivity contribution < 1.29 is 14.0 Å². The van der Waals surface area contributed by atoms with Gasteiger partial charge in [-0.2, -0.15) is 0 Å². The minimum atomic E-state index is -0.223. The molecule has 0 unspecified atom stereocenters. The molecule has 146 valence electrons. The van der Waals surface area contributed by atoms with Crippen LogP contribution in [-0.2, 0) is 6.54 Å². The molecule has 0 spiro atoms. The average molecular weight is 425 g/mol. The Morgan fingerprint density at radius 1 is 1.14 bits per heavy atom. The number of anilines is 1. The summed E-state index contributed by atoms with van der Waals surface area (Å²) in [6, 6.07) is 13.9. The minimum absolute atomic E-state index is 0.0463. The van der Waals surface area contributed by atoms with Crippen molar-refractivity contribution in [1.82, 2.24) is 4.98 Å². The van der Waals surface area contributed by atoms with Gasteiger partial charge in [0, 0.05) is 16.1 Å². The predicted molar refractivity (Wildman–Crippen MR) is 115 cm³/mol. The van der Waals surface area contributed by atoms with Crippen LogP contribution in [0.15, 0.2) is 59.2 Å². The summed E-state index contributed by atoms with van der Waals surface area (Å²) in [5.41, 5.74) is 2.80. The summed E-state index contributed by atoms with van der Waals surface area (Å²) in [5, 5.41) is 1.19. The summed E-state index contributed by atoms with van der Waals surface area (Å²) in [4.78, 5) is 31.1. The highest BCUT2D eigenvalue weighted by molar-refractivity contribution is 7.22. The summed E-state index contributed by atoms with van der Waals surface area (Å²) in [6.07, 6.45) is 1.57. The fraction of sp³-hybridized carbons (Fsp3) is 0.136. The van der Waals surface area contributed by atoms with E-state index in [2.05, 4.69) is 0 Å². The van der Waals surface area contributed by atoms with Crippen molar-refractivity contribution in [3.8, 4) is 0 Å². The molecule has 0 radical (unpaired) electrons. The van der Waals surface area contributed by atoms with Crippen molar-refractivity contribution in [3.63, 3.8) is 0 Å². The molecule has 4 rings (SSSR count). The quantitative estimate of drug-likeness (QED) is 0.374. The zero-order valence-corrected chi connectivity index (χ0v) is 17.4. The first-order valence-corrected chi connectivity index (χ1v) is 10.1. The number of rotatable bonds is 5. The third-order valence-electron chi connectivity index (χ3n) is 4.55. The Bertz CT molecular complexity index is 1200. The van der Waals surface area contributed by atoms with E-state index in [0.717, 1.165) is 15.8 Å². The van der Waals surface area contributed by atoms with E-state index in [9.17, 15) is 9.59 Å². The smallest absolute Gasteiger partial charge is 0.260 e. The van der Waals surface area contributed by atoms with Gasteiger partial charge in [-0.15, -0.1) is 0 Å². The van der Waals surface area contributed by atoms with Crippen molar-refractivity contribution in [3.05, 3.63) is 82.3 Å². The van der Waals surface area contributed by atoms with Crippen LogP contribution < -0.4 is 4.90 Å². The number of carbonyl (C=O) groups excluding carboxylic acids is 2. The van der Waals surface area contributed by atoms with Gasteiger partial charge in [0.1, 0.15) is 5.76 Å². The number of fused-ring (bicyclic) bond motifs is 1. The van der Waals surface area contributed by atoms with Crippen LogP contribution >= 0.6 is 22.9 Å². The van der Waals surface area contributed by atoms with Gasteiger partial charge in [0.2, 0.25) is 0 Å². The van der Waals surface area contributed by atoms with Gasteiger partial charge in [0.05, 0.1) is 23.0 Å². The molecule has 7 heteroatoms. The zero-order chi connectivity index (χ0) is 20.5. The standard InChI is InChI=1S/C22H17ClN2O3S/c1-13-10-17(23)11-19-20(13)24-22(29-19)25(12-18-4-3-9-28-18)21(27)16-7-5-15(6-8-16)14(2)26/h3-11H,12H2,1-2H3. The first-order valence-electron chi connectivity index (χ1n) is 8.94. The van der Waals surface area contributed by atoms with E-state index in [0.29, 0.717) is 27.0 Å². The second kappa shape index (κ2) is 7.81. The molecule has 0 aliphatic heterocycles. The monoisotopic (exact) mass is 424 g/mol. The van der Waals surface area contributed by atoms with Gasteiger partial charge >= 0.3 is 0 Å². The molecule has 4 aromatic rings. The minimum Gasteiger partial charge on any atom is -0.467 e. The van der Waals surface area contributed by atoms with Crippen LogP contribution in [0.3, 0.4) is 0 Å². The molecule has 2 aromatic heterocycles. The molecule has 0 aliphatic rings. The van der Waals surface area contributed by atoms with Crippen LogP contribution in [0, 0.1) is 6.92 Å². The second-order valence-electron chi connectivity index (χ2n) is 6.67. The van der Waals surface area contributed by atoms with Crippen molar-refractivity contribution in [2.24, 2.45) is 0 Å². The number of hydrogen-bond acceptors (Lipinski definition) is 5. The lowest BCUT2D eigenvalue weighted by Gasteiger charge is -2.19. The van der Waals surface area contributed by atoms with E-state index in [4.69, 9.17) is 21.0 Å². The SMILES string of the molecule is CC(=O)c1ccc(C(=O)N(Cc2ccco2)c2nc3c(C)cc(Cl)cc3s2)cc1. The van der Waals surface area contributed by atoms with Gasteiger partial charge in [-0.1, -0.05) is 35.1 Å². The summed E-state index contributed by atoms with van der Waals surface area (Å²) >= 11 is 7.58. The molecule has 29 heavy (non-hydrogen) atoms. The Labute approximate surface area is 176 Å².